The first-order valence-corrected chi connectivity index (χ1v) is 9.50. The summed E-state index contributed by atoms with van der Waals surface area (Å²) in [4.78, 5) is 15.2. The molecule has 0 spiro atoms. The second-order valence-electron chi connectivity index (χ2n) is 7.17. The Morgan fingerprint density at radius 1 is 0.929 bits per heavy atom. The van der Waals surface area contributed by atoms with Gasteiger partial charge in [-0.2, -0.15) is 0 Å². The molecule has 3 aromatic carbocycles. The van der Waals surface area contributed by atoms with Crippen molar-refractivity contribution < 1.29 is 9.53 Å². The summed E-state index contributed by atoms with van der Waals surface area (Å²) in [6.45, 7) is 1.17. The number of hydrogen-bond acceptors (Lipinski definition) is 3. The molecular formula is C24H24N2O2. The molecule has 4 rings (SSSR count). The number of hydrogen-bond donors (Lipinski definition) is 1. The zero-order valence-corrected chi connectivity index (χ0v) is 15.9. The minimum atomic E-state index is -0.0822. The zero-order chi connectivity index (χ0) is 19.5. The predicted molar refractivity (Wildman–Crippen MR) is 111 cm³/mol. The number of carbonyl (C=O) groups excluding carboxylic acids is 1. The Balaban J connectivity index is 1.58. The maximum absolute atomic E-state index is 13.3. The van der Waals surface area contributed by atoms with Crippen molar-refractivity contribution in [3.8, 4) is 16.9 Å². The largest absolute Gasteiger partial charge is 0.497 e. The summed E-state index contributed by atoms with van der Waals surface area (Å²) in [5.41, 5.74) is 10.3. The number of nitrogens with zero attached hydrogens (tertiary/aromatic N) is 1. The second kappa shape index (κ2) is 7.87. The summed E-state index contributed by atoms with van der Waals surface area (Å²) >= 11 is 0. The average molecular weight is 372 g/mol. The Hall–Kier alpha value is -3.11. The zero-order valence-electron chi connectivity index (χ0n) is 15.9. The minimum Gasteiger partial charge on any atom is -0.497 e. The van der Waals surface area contributed by atoms with Gasteiger partial charge in [0.25, 0.3) is 5.91 Å². The van der Waals surface area contributed by atoms with Gasteiger partial charge in [-0.1, -0.05) is 60.7 Å². The van der Waals surface area contributed by atoms with Crippen molar-refractivity contribution in [2.24, 2.45) is 5.73 Å². The van der Waals surface area contributed by atoms with Crippen LogP contribution in [-0.2, 0) is 0 Å². The number of benzene rings is 3. The summed E-state index contributed by atoms with van der Waals surface area (Å²) in [5, 5.41) is 0. The van der Waals surface area contributed by atoms with Crippen LogP contribution in [0.5, 0.6) is 5.75 Å². The Morgan fingerprint density at radius 2 is 1.61 bits per heavy atom. The molecule has 0 saturated carbocycles. The third-order valence-corrected chi connectivity index (χ3v) is 5.44. The molecule has 1 heterocycles. The maximum Gasteiger partial charge on any atom is 0.254 e. The number of nitrogens with two attached hydrogens (primary N) is 1. The molecule has 1 saturated heterocycles. The molecule has 4 nitrogen and oxygen atoms in total. The molecule has 0 bridgehead atoms. The Bertz CT molecular complexity index is 954. The molecule has 28 heavy (non-hydrogen) atoms. The first-order chi connectivity index (χ1) is 13.7. The fourth-order valence-corrected chi connectivity index (χ4v) is 3.91. The van der Waals surface area contributed by atoms with Gasteiger partial charge in [0.05, 0.1) is 7.11 Å². The van der Waals surface area contributed by atoms with E-state index in [2.05, 4.69) is 0 Å². The van der Waals surface area contributed by atoms with Gasteiger partial charge in [0.1, 0.15) is 5.75 Å². The lowest BCUT2D eigenvalue weighted by Crippen LogP contribution is -2.32. The molecular weight excluding hydrogens is 348 g/mol. The molecule has 4 heteroatoms. The third kappa shape index (κ3) is 3.51. The van der Waals surface area contributed by atoms with Crippen LogP contribution in [0.25, 0.3) is 11.1 Å². The topological polar surface area (TPSA) is 55.6 Å². The average Bonchev–Trinajstić information content (AvgIpc) is 3.15. The summed E-state index contributed by atoms with van der Waals surface area (Å²) in [5.74, 6) is 0.977. The number of carbonyl (C=O) groups is 1. The molecule has 1 aliphatic rings. The molecule has 2 N–H and O–H groups in total. The van der Waals surface area contributed by atoms with Gasteiger partial charge >= 0.3 is 0 Å². The van der Waals surface area contributed by atoms with Crippen molar-refractivity contribution in [2.75, 3.05) is 20.2 Å². The van der Waals surface area contributed by atoms with E-state index in [4.69, 9.17) is 10.5 Å². The Labute approximate surface area is 165 Å². The van der Waals surface area contributed by atoms with Crippen molar-refractivity contribution in [1.29, 1.82) is 0 Å². The highest BCUT2D eigenvalue weighted by molar-refractivity contribution is 6.01. The molecule has 1 amide bonds. The minimum absolute atomic E-state index is 0.0333. The van der Waals surface area contributed by atoms with Gasteiger partial charge in [-0.15, -0.1) is 0 Å². The fraction of sp³-hybridized carbons (Fsp3) is 0.208. The molecule has 0 aromatic heterocycles. The highest BCUT2D eigenvalue weighted by Crippen LogP contribution is 2.31. The van der Waals surface area contributed by atoms with E-state index < -0.39 is 0 Å². The van der Waals surface area contributed by atoms with Gasteiger partial charge in [0.2, 0.25) is 0 Å². The molecule has 0 unspecified atom stereocenters. The van der Waals surface area contributed by atoms with Gasteiger partial charge < -0.3 is 15.4 Å². The second-order valence-corrected chi connectivity index (χ2v) is 7.17. The van der Waals surface area contributed by atoms with Crippen LogP contribution in [0.2, 0.25) is 0 Å². The molecule has 1 fully saturated rings. The van der Waals surface area contributed by atoms with Gasteiger partial charge in [0.15, 0.2) is 0 Å². The Morgan fingerprint density at radius 3 is 2.32 bits per heavy atom. The van der Waals surface area contributed by atoms with Crippen molar-refractivity contribution in [3.63, 3.8) is 0 Å². The van der Waals surface area contributed by atoms with Crippen LogP contribution < -0.4 is 10.5 Å². The number of ether oxygens (including phenoxy) is 1. The maximum atomic E-state index is 13.3. The molecule has 0 radical (unpaired) electrons. The van der Waals surface area contributed by atoms with E-state index >= 15 is 0 Å². The smallest absolute Gasteiger partial charge is 0.254 e. The molecule has 2 atom stereocenters. The lowest BCUT2D eigenvalue weighted by Gasteiger charge is -2.19. The van der Waals surface area contributed by atoms with Gasteiger partial charge in [0, 0.05) is 30.6 Å². The number of likely N-dealkylation sites (tertiary alicyclic amines) is 1. The number of methoxy groups -OCH3 is 1. The third-order valence-electron chi connectivity index (χ3n) is 5.44. The number of amides is 1. The number of rotatable bonds is 4. The van der Waals surface area contributed by atoms with E-state index in [1.54, 1.807) is 7.11 Å². The molecule has 0 aliphatic carbocycles. The molecule has 142 valence electrons. The first kappa shape index (κ1) is 18.3. The lowest BCUT2D eigenvalue weighted by molar-refractivity contribution is 0.0790. The van der Waals surface area contributed by atoms with E-state index in [9.17, 15) is 4.79 Å². The summed E-state index contributed by atoms with van der Waals surface area (Å²) < 4.78 is 5.24. The van der Waals surface area contributed by atoms with E-state index in [1.165, 1.54) is 0 Å². The highest BCUT2D eigenvalue weighted by atomic mass is 16.5. The van der Waals surface area contributed by atoms with E-state index in [0.717, 1.165) is 28.0 Å². The van der Waals surface area contributed by atoms with Crippen LogP contribution in [-0.4, -0.2) is 37.0 Å². The quantitative estimate of drug-likeness (QED) is 0.755. The van der Waals surface area contributed by atoms with Crippen molar-refractivity contribution in [2.45, 2.75) is 12.0 Å². The Kier molecular flexibility index (Phi) is 5.13. The summed E-state index contributed by atoms with van der Waals surface area (Å²) in [6.07, 6.45) is 0. The monoisotopic (exact) mass is 372 g/mol. The van der Waals surface area contributed by atoms with Crippen LogP contribution in [0.4, 0.5) is 0 Å². The van der Waals surface area contributed by atoms with Gasteiger partial charge in [-0.05, 0) is 34.9 Å². The van der Waals surface area contributed by atoms with Crippen molar-refractivity contribution >= 4 is 5.91 Å². The van der Waals surface area contributed by atoms with Gasteiger partial charge in [-0.25, -0.2) is 0 Å². The first-order valence-electron chi connectivity index (χ1n) is 9.50. The fourth-order valence-electron chi connectivity index (χ4n) is 3.91. The van der Waals surface area contributed by atoms with Crippen LogP contribution in [0.1, 0.15) is 21.8 Å². The lowest BCUT2D eigenvalue weighted by atomic mass is 9.95. The van der Waals surface area contributed by atoms with Crippen molar-refractivity contribution in [3.05, 3.63) is 90.0 Å². The van der Waals surface area contributed by atoms with E-state index in [1.807, 2.05) is 83.8 Å². The summed E-state index contributed by atoms with van der Waals surface area (Å²) in [7, 11) is 1.65. The van der Waals surface area contributed by atoms with Crippen LogP contribution in [0, 0.1) is 0 Å². The van der Waals surface area contributed by atoms with Crippen LogP contribution >= 0.6 is 0 Å². The predicted octanol–water partition coefficient (Wildman–Crippen LogP) is 3.93. The molecule has 1 aliphatic heterocycles. The molecule has 3 aromatic rings. The van der Waals surface area contributed by atoms with E-state index in [0.29, 0.717) is 13.1 Å². The normalized spacial score (nSPS) is 18.9. The SMILES string of the molecule is COc1ccc([C@H]2CN(C(=O)c3ccccc3-c3ccccc3)C[C@@H]2N)cc1. The highest BCUT2D eigenvalue weighted by Gasteiger charge is 2.34. The van der Waals surface area contributed by atoms with Crippen molar-refractivity contribution in [1.82, 2.24) is 4.90 Å². The summed E-state index contributed by atoms with van der Waals surface area (Å²) in [6, 6.07) is 25.7. The van der Waals surface area contributed by atoms with Crippen LogP contribution in [0.3, 0.4) is 0 Å². The standard InChI is InChI=1S/C24H24N2O2/c1-28-19-13-11-18(12-14-19)22-15-26(16-23(22)25)24(27)21-10-6-5-9-20(21)17-7-3-2-4-8-17/h2-14,22-23H,15-16,25H2,1H3/t22-,23+/m1/s1. The van der Waals surface area contributed by atoms with Gasteiger partial charge in [-0.3, -0.25) is 4.79 Å². The van der Waals surface area contributed by atoms with E-state index in [-0.39, 0.29) is 17.9 Å². The van der Waals surface area contributed by atoms with Crippen LogP contribution in [0.15, 0.2) is 78.9 Å².